The Hall–Kier alpha value is -2.79. The number of rotatable bonds is 4. The molecule has 0 radical (unpaired) electrons. The Balaban J connectivity index is 1.93. The van der Waals surface area contributed by atoms with Crippen LogP contribution in [0.5, 0.6) is 5.75 Å². The molecule has 0 aliphatic rings. The smallest absolute Gasteiger partial charge is 0.234 e. The van der Waals surface area contributed by atoms with Crippen LogP contribution in [-0.2, 0) is 0 Å². The third kappa shape index (κ3) is 2.87. The van der Waals surface area contributed by atoms with E-state index in [1.54, 1.807) is 25.1 Å². The number of nitrogens with zero attached hydrogens (tertiary/aromatic N) is 3. The maximum atomic E-state index is 5.28. The quantitative estimate of drug-likeness (QED) is 0.497. The van der Waals surface area contributed by atoms with E-state index in [0.717, 1.165) is 28.3 Å². The van der Waals surface area contributed by atoms with E-state index in [1.807, 2.05) is 28.8 Å². The molecule has 2 aromatic carbocycles. The second-order valence-corrected chi connectivity index (χ2v) is 6.44. The predicted octanol–water partition coefficient (Wildman–Crippen LogP) is 4.79. The van der Waals surface area contributed by atoms with Crippen molar-refractivity contribution in [2.45, 2.75) is 4.90 Å². The topological polar surface area (TPSA) is 39.4 Å². The molecule has 0 aliphatic heterocycles. The van der Waals surface area contributed by atoms with E-state index in [2.05, 4.69) is 47.6 Å². The summed E-state index contributed by atoms with van der Waals surface area (Å²) in [6, 6.07) is 18.4. The van der Waals surface area contributed by atoms with Crippen LogP contribution in [0.15, 0.2) is 71.9 Å². The van der Waals surface area contributed by atoms with Crippen molar-refractivity contribution >= 4 is 17.5 Å². The van der Waals surface area contributed by atoms with E-state index in [4.69, 9.17) is 9.72 Å². The molecule has 0 saturated carbocycles. The minimum Gasteiger partial charge on any atom is -0.497 e. The normalized spacial score (nSPS) is 11.0. The average molecular weight is 347 g/mol. The molecule has 0 amide bonds. The van der Waals surface area contributed by atoms with Crippen molar-refractivity contribution in [3.8, 4) is 28.3 Å². The zero-order valence-corrected chi connectivity index (χ0v) is 14.8. The maximum absolute atomic E-state index is 5.28. The van der Waals surface area contributed by atoms with Crippen LogP contribution in [-0.4, -0.2) is 27.7 Å². The van der Waals surface area contributed by atoms with E-state index < -0.39 is 0 Å². The van der Waals surface area contributed by atoms with Gasteiger partial charge in [0.05, 0.1) is 18.5 Å². The lowest BCUT2D eigenvalue weighted by molar-refractivity contribution is 0.415. The molecule has 2 heterocycles. The van der Waals surface area contributed by atoms with Crippen LogP contribution in [0.2, 0.25) is 0 Å². The average Bonchev–Trinajstić information content (AvgIpc) is 3.07. The molecule has 0 atom stereocenters. The van der Waals surface area contributed by atoms with Crippen molar-refractivity contribution in [1.82, 2.24) is 14.4 Å². The van der Waals surface area contributed by atoms with Gasteiger partial charge in [0, 0.05) is 28.4 Å². The summed E-state index contributed by atoms with van der Waals surface area (Å²) in [7, 11) is 1.67. The molecular weight excluding hydrogens is 330 g/mol. The van der Waals surface area contributed by atoms with Gasteiger partial charge in [-0.25, -0.2) is 9.97 Å². The number of methoxy groups -OCH3 is 1. The zero-order chi connectivity index (χ0) is 17.2. The van der Waals surface area contributed by atoms with Crippen LogP contribution < -0.4 is 4.74 Å². The largest absolute Gasteiger partial charge is 0.497 e. The van der Waals surface area contributed by atoms with Crippen molar-refractivity contribution in [1.29, 1.82) is 0 Å². The van der Waals surface area contributed by atoms with Crippen LogP contribution in [0.3, 0.4) is 0 Å². The Labute approximate surface area is 150 Å². The summed E-state index contributed by atoms with van der Waals surface area (Å²) in [6.45, 7) is 0. The number of hydrogen-bond acceptors (Lipinski definition) is 4. The van der Waals surface area contributed by atoms with Crippen molar-refractivity contribution in [3.05, 3.63) is 67.0 Å². The molecule has 5 heteroatoms. The van der Waals surface area contributed by atoms with Gasteiger partial charge in [0.25, 0.3) is 0 Å². The molecule has 4 aromatic rings. The van der Waals surface area contributed by atoms with Gasteiger partial charge in [0.1, 0.15) is 5.75 Å². The minimum absolute atomic E-state index is 0.692. The molecule has 0 N–H and O–H groups in total. The van der Waals surface area contributed by atoms with E-state index in [9.17, 15) is 0 Å². The van der Waals surface area contributed by atoms with Crippen LogP contribution in [0, 0.1) is 0 Å². The van der Waals surface area contributed by atoms with E-state index in [0.29, 0.717) is 5.78 Å². The summed E-state index contributed by atoms with van der Waals surface area (Å²) in [5, 5.41) is 0. The summed E-state index contributed by atoms with van der Waals surface area (Å²) >= 11 is 1.73. The van der Waals surface area contributed by atoms with E-state index >= 15 is 0 Å². The molecule has 4 nitrogen and oxygen atoms in total. The molecule has 124 valence electrons. The van der Waals surface area contributed by atoms with Crippen molar-refractivity contribution in [2.24, 2.45) is 0 Å². The maximum Gasteiger partial charge on any atom is 0.234 e. The third-order valence-corrected chi connectivity index (χ3v) is 4.87. The van der Waals surface area contributed by atoms with Gasteiger partial charge in [0.2, 0.25) is 5.78 Å². The highest BCUT2D eigenvalue weighted by atomic mass is 32.2. The lowest BCUT2D eigenvalue weighted by Gasteiger charge is -2.07. The van der Waals surface area contributed by atoms with Gasteiger partial charge in [0.15, 0.2) is 0 Å². The highest BCUT2D eigenvalue weighted by Crippen LogP contribution is 2.33. The number of aromatic nitrogens is 3. The molecule has 0 aliphatic carbocycles. The number of imidazole rings is 1. The van der Waals surface area contributed by atoms with Crippen molar-refractivity contribution in [2.75, 3.05) is 13.4 Å². The first-order chi connectivity index (χ1) is 12.3. The first-order valence-electron chi connectivity index (χ1n) is 7.92. The SMILES string of the molecule is COc1ccc(-c2c(-c3ccc(SC)cc3)nc3ncccn23)cc1. The van der Waals surface area contributed by atoms with Gasteiger partial charge in [-0.15, -0.1) is 11.8 Å². The monoisotopic (exact) mass is 347 g/mol. The lowest BCUT2D eigenvalue weighted by atomic mass is 10.0. The summed E-state index contributed by atoms with van der Waals surface area (Å²) in [6.07, 6.45) is 5.84. The fourth-order valence-corrected chi connectivity index (χ4v) is 3.27. The van der Waals surface area contributed by atoms with Crippen LogP contribution in [0.25, 0.3) is 28.3 Å². The number of benzene rings is 2. The second kappa shape index (κ2) is 6.61. The van der Waals surface area contributed by atoms with Crippen LogP contribution in [0.4, 0.5) is 0 Å². The molecule has 0 spiro atoms. The third-order valence-electron chi connectivity index (χ3n) is 4.13. The van der Waals surface area contributed by atoms with Gasteiger partial charge in [-0.3, -0.25) is 4.40 Å². The molecular formula is C20H17N3OS. The number of fused-ring (bicyclic) bond motifs is 1. The molecule has 4 rings (SSSR count). The van der Waals surface area contributed by atoms with Crippen LogP contribution in [0.1, 0.15) is 0 Å². The highest BCUT2D eigenvalue weighted by Gasteiger charge is 2.16. The number of hydrogen-bond donors (Lipinski definition) is 0. The Kier molecular flexibility index (Phi) is 4.15. The number of ether oxygens (including phenoxy) is 1. The van der Waals surface area contributed by atoms with Gasteiger partial charge < -0.3 is 4.74 Å². The first kappa shape index (κ1) is 15.7. The predicted molar refractivity (Wildman–Crippen MR) is 102 cm³/mol. The molecule has 0 unspecified atom stereocenters. The second-order valence-electron chi connectivity index (χ2n) is 5.56. The zero-order valence-electron chi connectivity index (χ0n) is 14.0. The summed E-state index contributed by atoms with van der Waals surface area (Å²) in [4.78, 5) is 10.4. The highest BCUT2D eigenvalue weighted by molar-refractivity contribution is 7.98. The van der Waals surface area contributed by atoms with Gasteiger partial charge in [-0.1, -0.05) is 12.1 Å². The van der Waals surface area contributed by atoms with Crippen molar-refractivity contribution < 1.29 is 4.74 Å². The standard InChI is InChI=1S/C20H17N3OS/c1-24-16-8-4-15(5-9-16)19-18(14-6-10-17(25-2)11-7-14)22-20-21-12-3-13-23(19)20/h3-13H,1-2H3. The lowest BCUT2D eigenvalue weighted by Crippen LogP contribution is -1.91. The van der Waals surface area contributed by atoms with E-state index in [1.165, 1.54) is 4.90 Å². The summed E-state index contributed by atoms with van der Waals surface area (Å²) in [5.74, 6) is 1.53. The Morgan fingerprint density at radius 1 is 0.960 bits per heavy atom. The van der Waals surface area contributed by atoms with Crippen molar-refractivity contribution in [3.63, 3.8) is 0 Å². The van der Waals surface area contributed by atoms with Crippen LogP contribution >= 0.6 is 11.8 Å². The fraction of sp³-hybridized carbons (Fsp3) is 0.100. The molecule has 25 heavy (non-hydrogen) atoms. The molecule has 0 saturated heterocycles. The van der Waals surface area contributed by atoms with Gasteiger partial charge in [-0.2, -0.15) is 0 Å². The van der Waals surface area contributed by atoms with Gasteiger partial charge in [-0.05, 0) is 48.7 Å². The summed E-state index contributed by atoms with van der Waals surface area (Å²) < 4.78 is 7.30. The Morgan fingerprint density at radius 3 is 2.36 bits per heavy atom. The number of thioether (sulfide) groups is 1. The fourth-order valence-electron chi connectivity index (χ4n) is 2.86. The Bertz CT molecular complexity index is 1010. The minimum atomic E-state index is 0.692. The van der Waals surface area contributed by atoms with Gasteiger partial charge >= 0.3 is 0 Å². The summed E-state index contributed by atoms with van der Waals surface area (Å²) in [5.41, 5.74) is 4.11. The van der Waals surface area contributed by atoms with E-state index in [-0.39, 0.29) is 0 Å². The molecule has 2 aromatic heterocycles. The first-order valence-corrected chi connectivity index (χ1v) is 9.14. The Morgan fingerprint density at radius 2 is 1.68 bits per heavy atom. The molecule has 0 bridgehead atoms. The molecule has 0 fully saturated rings.